The lowest BCUT2D eigenvalue weighted by atomic mass is 10.0. The van der Waals surface area contributed by atoms with Crippen LogP contribution in [0.15, 0.2) is 61.2 Å². The van der Waals surface area contributed by atoms with Gasteiger partial charge in [0, 0.05) is 11.9 Å². The highest BCUT2D eigenvalue weighted by Gasteiger charge is 2.27. The van der Waals surface area contributed by atoms with Gasteiger partial charge in [-0.1, -0.05) is 54.1 Å². The standard InChI is InChI=1S/C26H24N2O3/c1-3-14-27-23(29)16-31-26(30)24-20-6-4-5-7-22(20)28-25-19(12-13-21(24)25)15-18-10-8-17(2)9-11-18/h3-11,15H,1,12-14,16H2,2H3,(H,27,29). The summed E-state index contributed by atoms with van der Waals surface area (Å²) in [6.07, 6.45) is 5.21. The van der Waals surface area contributed by atoms with Crippen LogP contribution in [0.1, 0.15) is 39.2 Å². The molecule has 1 N–H and O–H groups in total. The van der Waals surface area contributed by atoms with E-state index < -0.39 is 5.97 Å². The Kier molecular flexibility index (Phi) is 5.94. The Labute approximate surface area is 181 Å². The van der Waals surface area contributed by atoms with Crippen LogP contribution in [0.25, 0.3) is 22.6 Å². The van der Waals surface area contributed by atoms with Crippen molar-refractivity contribution >= 4 is 34.4 Å². The number of hydrogen-bond acceptors (Lipinski definition) is 4. The molecule has 1 aliphatic rings. The molecule has 0 spiro atoms. The number of carbonyl (C=O) groups excluding carboxylic acids is 2. The van der Waals surface area contributed by atoms with Crippen molar-refractivity contribution in [1.29, 1.82) is 0 Å². The predicted octanol–water partition coefficient (Wildman–Crippen LogP) is 4.49. The summed E-state index contributed by atoms with van der Waals surface area (Å²) in [6.45, 7) is 5.62. The van der Waals surface area contributed by atoms with Gasteiger partial charge in [-0.3, -0.25) is 4.79 Å². The third-order valence-electron chi connectivity index (χ3n) is 5.34. The smallest absolute Gasteiger partial charge is 0.339 e. The maximum absolute atomic E-state index is 13.0. The number of rotatable bonds is 6. The first-order valence-corrected chi connectivity index (χ1v) is 10.3. The molecule has 0 saturated carbocycles. The first-order chi connectivity index (χ1) is 15.1. The molecule has 0 fully saturated rings. The van der Waals surface area contributed by atoms with Crippen molar-refractivity contribution in [3.8, 4) is 0 Å². The number of esters is 1. The summed E-state index contributed by atoms with van der Waals surface area (Å²) < 4.78 is 5.35. The van der Waals surface area contributed by atoms with Crippen LogP contribution in [-0.4, -0.2) is 30.0 Å². The lowest BCUT2D eigenvalue weighted by molar-refractivity contribution is -0.124. The summed E-state index contributed by atoms with van der Waals surface area (Å²) in [7, 11) is 0. The van der Waals surface area contributed by atoms with Crippen molar-refractivity contribution in [2.45, 2.75) is 19.8 Å². The Morgan fingerprint density at radius 2 is 1.90 bits per heavy atom. The predicted molar refractivity (Wildman–Crippen MR) is 123 cm³/mol. The van der Waals surface area contributed by atoms with E-state index in [9.17, 15) is 9.59 Å². The maximum Gasteiger partial charge on any atom is 0.339 e. The fourth-order valence-corrected chi connectivity index (χ4v) is 3.82. The van der Waals surface area contributed by atoms with Crippen molar-refractivity contribution in [1.82, 2.24) is 10.3 Å². The zero-order chi connectivity index (χ0) is 21.8. The van der Waals surface area contributed by atoms with Crippen molar-refractivity contribution in [2.75, 3.05) is 13.2 Å². The van der Waals surface area contributed by atoms with Crippen LogP contribution in [0.5, 0.6) is 0 Å². The van der Waals surface area contributed by atoms with E-state index in [1.165, 1.54) is 5.56 Å². The van der Waals surface area contributed by atoms with Crippen LogP contribution in [-0.2, 0) is 16.0 Å². The van der Waals surface area contributed by atoms with Gasteiger partial charge >= 0.3 is 5.97 Å². The summed E-state index contributed by atoms with van der Waals surface area (Å²) in [5.74, 6) is -0.858. The van der Waals surface area contributed by atoms with Gasteiger partial charge in [0.15, 0.2) is 6.61 Å². The Morgan fingerprint density at radius 1 is 1.13 bits per heavy atom. The van der Waals surface area contributed by atoms with E-state index >= 15 is 0 Å². The minimum Gasteiger partial charge on any atom is -0.452 e. The summed E-state index contributed by atoms with van der Waals surface area (Å²) >= 11 is 0. The number of carbonyl (C=O) groups is 2. The molecule has 3 aromatic rings. The van der Waals surface area contributed by atoms with E-state index in [0.717, 1.165) is 39.7 Å². The second-order valence-electron chi connectivity index (χ2n) is 7.58. The minimum absolute atomic E-state index is 0.329. The fourth-order valence-electron chi connectivity index (χ4n) is 3.82. The summed E-state index contributed by atoms with van der Waals surface area (Å²) in [5, 5.41) is 3.36. The molecular weight excluding hydrogens is 388 g/mol. The lowest BCUT2D eigenvalue weighted by Gasteiger charge is -2.12. The molecule has 156 valence electrons. The monoisotopic (exact) mass is 412 g/mol. The van der Waals surface area contributed by atoms with Crippen LogP contribution in [0.2, 0.25) is 0 Å². The van der Waals surface area contributed by atoms with Gasteiger partial charge in [-0.25, -0.2) is 9.78 Å². The molecule has 0 unspecified atom stereocenters. The lowest BCUT2D eigenvalue weighted by Crippen LogP contribution is -2.29. The van der Waals surface area contributed by atoms with Crippen molar-refractivity contribution in [3.05, 3.63) is 89.1 Å². The topological polar surface area (TPSA) is 68.3 Å². The summed E-state index contributed by atoms with van der Waals surface area (Å²) in [6, 6.07) is 15.9. The van der Waals surface area contributed by atoms with Crippen LogP contribution >= 0.6 is 0 Å². The average molecular weight is 412 g/mol. The number of fused-ring (bicyclic) bond motifs is 2. The molecule has 0 atom stereocenters. The molecule has 1 aromatic heterocycles. The van der Waals surface area contributed by atoms with Crippen molar-refractivity contribution in [3.63, 3.8) is 0 Å². The van der Waals surface area contributed by atoms with E-state index in [-0.39, 0.29) is 12.5 Å². The number of amides is 1. The molecule has 5 heteroatoms. The van der Waals surface area contributed by atoms with Crippen LogP contribution < -0.4 is 5.32 Å². The van der Waals surface area contributed by atoms with E-state index in [1.807, 2.05) is 24.3 Å². The van der Waals surface area contributed by atoms with Gasteiger partial charge in [0.1, 0.15) is 0 Å². The van der Waals surface area contributed by atoms with E-state index in [0.29, 0.717) is 18.5 Å². The van der Waals surface area contributed by atoms with E-state index in [1.54, 1.807) is 6.08 Å². The van der Waals surface area contributed by atoms with Gasteiger partial charge in [0.25, 0.3) is 5.91 Å². The molecule has 0 radical (unpaired) electrons. The maximum atomic E-state index is 13.0. The molecule has 1 heterocycles. The Balaban J connectivity index is 1.71. The highest BCUT2D eigenvalue weighted by molar-refractivity contribution is 6.07. The van der Waals surface area contributed by atoms with Gasteiger partial charge in [0.05, 0.1) is 16.8 Å². The molecule has 0 bridgehead atoms. The number of para-hydroxylation sites is 1. The first-order valence-electron chi connectivity index (χ1n) is 10.3. The van der Waals surface area contributed by atoms with Gasteiger partial charge in [0.2, 0.25) is 0 Å². The SMILES string of the molecule is C=CCNC(=O)COC(=O)c1c2c(nc3ccccc13)C(=Cc1ccc(C)cc1)CC2. The second-order valence-corrected chi connectivity index (χ2v) is 7.58. The number of pyridine rings is 1. The summed E-state index contributed by atoms with van der Waals surface area (Å²) in [4.78, 5) is 29.7. The molecule has 31 heavy (non-hydrogen) atoms. The quantitative estimate of drug-likeness (QED) is 0.478. The first kappa shape index (κ1) is 20.5. The number of nitrogens with zero attached hydrogens (tertiary/aromatic N) is 1. The molecule has 5 nitrogen and oxygen atoms in total. The number of nitrogens with one attached hydrogen (secondary N) is 1. The summed E-state index contributed by atoms with van der Waals surface area (Å²) in [5.41, 5.74) is 6.37. The molecule has 1 amide bonds. The van der Waals surface area contributed by atoms with Crippen molar-refractivity contribution in [2.24, 2.45) is 0 Å². The number of hydrogen-bond donors (Lipinski definition) is 1. The number of ether oxygens (including phenoxy) is 1. The second kappa shape index (κ2) is 8.96. The molecule has 4 rings (SSSR count). The van der Waals surface area contributed by atoms with Crippen molar-refractivity contribution < 1.29 is 14.3 Å². The van der Waals surface area contributed by atoms with Crippen LogP contribution in [0, 0.1) is 6.92 Å². The number of allylic oxidation sites excluding steroid dienone is 1. The largest absolute Gasteiger partial charge is 0.452 e. The van der Waals surface area contributed by atoms with Gasteiger partial charge in [-0.15, -0.1) is 6.58 Å². The van der Waals surface area contributed by atoms with Crippen LogP contribution in [0.4, 0.5) is 0 Å². The fraction of sp³-hybridized carbons (Fsp3) is 0.192. The van der Waals surface area contributed by atoms with E-state index in [2.05, 4.69) is 49.2 Å². The number of benzene rings is 2. The number of aromatic nitrogens is 1. The molecule has 2 aromatic carbocycles. The third kappa shape index (κ3) is 4.40. The zero-order valence-corrected chi connectivity index (χ0v) is 17.5. The zero-order valence-electron chi connectivity index (χ0n) is 17.5. The Morgan fingerprint density at radius 3 is 2.68 bits per heavy atom. The van der Waals surface area contributed by atoms with Gasteiger partial charge < -0.3 is 10.1 Å². The minimum atomic E-state index is -0.500. The molecule has 0 aliphatic heterocycles. The Hall–Kier alpha value is -3.73. The molecular formula is C26H24N2O3. The third-order valence-corrected chi connectivity index (χ3v) is 5.34. The van der Waals surface area contributed by atoms with Gasteiger partial charge in [-0.05, 0) is 48.6 Å². The normalized spacial score (nSPS) is 13.8. The number of aryl methyl sites for hydroxylation is 1. The highest BCUT2D eigenvalue weighted by atomic mass is 16.5. The average Bonchev–Trinajstić information content (AvgIpc) is 3.17. The highest BCUT2D eigenvalue weighted by Crippen LogP contribution is 2.37. The van der Waals surface area contributed by atoms with E-state index in [4.69, 9.17) is 9.72 Å². The Bertz CT molecular complexity index is 1190. The van der Waals surface area contributed by atoms with Gasteiger partial charge in [-0.2, -0.15) is 0 Å². The van der Waals surface area contributed by atoms with Crippen LogP contribution in [0.3, 0.4) is 0 Å². The molecule has 1 aliphatic carbocycles. The molecule has 0 saturated heterocycles.